The average Bonchev–Trinajstić information content (AvgIpc) is 3.29. The van der Waals surface area contributed by atoms with Crippen LogP contribution in [-0.4, -0.2) is 75.5 Å². The fraction of sp³-hybridized carbons (Fsp3) is 0.733. The van der Waals surface area contributed by atoms with Crippen molar-refractivity contribution in [1.82, 2.24) is 24.7 Å². The van der Waals surface area contributed by atoms with Gasteiger partial charge in [-0.25, -0.2) is 10.0 Å². The number of amides is 2. The van der Waals surface area contributed by atoms with E-state index in [1.54, 1.807) is 11.9 Å². The van der Waals surface area contributed by atoms with Crippen LogP contribution in [0.1, 0.15) is 23.5 Å². The highest BCUT2D eigenvalue weighted by Gasteiger charge is 2.49. The number of hydrogen-bond acceptors (Lipinski definition) is 6. The molecule has 0 radical (unpaired) electrons. The van der Waals surface area contributed by atoms with E-state index in [-0.39, 0.29) is 35.6 Å². The second kappa shape index (κ2) is 6.14. The van der Waals surface area contributed by atoms with Crippen molar-refractivity contribution in [2.24, 2.45) is 18.9 Å². The molecule has 4 rings (SSSR count). The van der Waals surface area contributed by atoms with Crippen LogP contribution in [0.2, 0.25) is 0 Å². The van der Waals surface area contributed by atoms with E-state index in [0.29, 0.717) is 32.8 Å². The molecule has 3 aliphatic rings. The minimum atomic E-state index is -0.248. The molecule has 1 aromatic rings. The minimum Gasteiger partial charge on any atom is -0.375 e. The summed E-state index contributed by atoms with van der Waals surface area (Å²) in [6, 6.07) is 0. The second-order valence-corrected chi connectivity index (χ2v) is 6.57. The number of rotatable bonds is 2. The van der Waals surface area contributed by atoms with E-state index in [9.17, 15) is 9.59 Å². The Bertz CT molecular complexity index is 642. The molecule has 4 heterocycles. The van der Waals surface area contributed by atoms with E-state index in [1.165, 1.54) is 16.1 Å². The van der Waals surface area contributed by atoms with E-state index in [4.69, 9.17) is 9.57 Å². The summed E-state index contributed by atoms with van der Waals surface area (Å²) in [7, 11) is 1.72. The molecule has 3 saturated heterocycles. The SMILES string of the molecule is Cn1cnc(C(=O)N2C[C@@H]3[C@@H](C(=O)N4CCCCO4)CO[C@@H]3C2)n1. The third kappa shape index (κ3) is 2.67. The van der Waals surface area contributed by atoms with Gasteiger partial charge >= 0.3 is 0 Å². The Hall–Kier alpha value is -2.00. The number of fused-ring (bicyclic) bond motifs is 1. The van der Waals surface area contributed by atoms with E-state index in [2.05, 4.69) is 10.1 Å². The number of hydrogen-bond donors (Lipinski definition) is 0. The molecule has 0 saturated carbocycles. The third-order valence-corrected chi connectivity index (χ3v) is 4.96. The number of carbonyl (C=O) groups excluding carboxylic acids is 2. The lowest BCUT2D eigenvalue weighted by Gasteiger charge is -2.29. The summed E-state index contributed by atoms with van der Waals surface area (Å²) in [6.45, 7) is 2.59. The van der Waals surface area contributed by atoms with E-state index in [0.717, 1.165) is 12.8 Å². The van der Waals surface area contributed by atoms with Crippen LogP contribution in [0.5, 0.6) is 0 Å². The first-order valence-corrected chi connectivity index (χ1v) is 8.34. The van der Waals surface area contributed by atoms with Gasteiger partial charge in [0, 0.05) is 32.6 Å². The van der Waals surface area contributed by atoms with Crippen LogP contribution in [-0.2, 0) is 21.4 Å². The molecule has 9 heteroatoms. The highest BCUT2D eigenvalue weighted by molar-refractivity contribution is 5.90. The normalized spacial score (nSPS) is 29.8. The number of nitrogens with zero attached hydrogens (tertiary/aromatic N) is 5. The standard InChI is InChI=1S/C15H21N5O4/c1-18-9-16-13(17-18)15(22)19-6-10-11(8-23-12(10)7-19)14(21)20-4-2-3-5-24-20/h9-12H,2-8H2,1H3/t10-,11+,12-/m1/s1. The van der Waals surface area contributed by atoms with E-state index >= 15 is 0 Å². The molecule has 0 aliphatic carbocycles. The van der Waals surface area contributed by atoms with Crippen molar-refractivity contribution >= 4 is 11.8 Å². The predicted molar refractivity (Wildman–Crippen MR) is 80.5 cm³/mol. The minimum absolute atomic E-state index is 0.00990. The number of carbonyl (C=O) groups is 2. The maximum absolute atomic E-state index is 12.7. The molecular formula is C15H21N5O4. The van der Waals surface area contributed by atoms with Crippen molar-refractivity contribution in [3.05, 3.63) is 12.2 Å². The van der Waals surface area contributed by atoms with Gasteiger partial charge in [-0.15, -0.1) is 5.10 Å². The Labute approximate surface area is 139 Å². The molecule has 0 bridgehead atoms. The van der Waals surface area contributed by atoms with Crippen LogP contribution in [0.15, 0.2) is 6.33 Å². The monoisotopic (exact) mass is 335 g/mol. The van der Waals surface area contributed by atoms with Crippen LogP contribution in [0.3, 0.4) is 0 Å². The Kier molecular flexibility index (Phi) is 3.97. The summed E-state index contributed by atoms with van der Waals surface area (Å²) in [5.74, 6) is -0.292. The first-order chi connectivity index (χ1) is 11.6. The van der Waals surface area contributed by atoms with Gasteiger partial charge in [0.25, 0.3) is 11.8 Å². The smallest absolute Gasteiger partial charge is 0.293 e. The second-order valence-electron chi connectivity index (χ2n) is 6.57. The van der Waals surface area contributed by atoms with Gasteiger partial charge in [0.05, 0.1) is 25.2 Å². The number of hydroxylamine groups is 2. The lowest BCUT2D eigenvalue weighted by atomic mass is 9.92. The number of aromatic nitrogens is 3. The zero-order chi connectivity index (χ0) is 16.7. The lowest BCUT2D eigenvalue weighted by molar-refractivity contribution is -0.202. The Morgan fingerprint density at radius 1 is 1.29 bits per heavy atom. The molecule has 2 amide bonds. The number of likely N-dealkylation sites (tertiary alicyclic amines) is 1. The summed E-state index contributed by atoms with van der Waals surface area (Å²) in [4.78, 5) is 36.3. The van der Waals surface area contributed by atoms with Crippen molar-refractivity contribution < 1.29 is 19.2 Å². The van der Waals surface area contributed by atoms with Crippen LogP contribution in [0.4, 0.5) is 0 Å². The largest absolute Gasteiger partial charge is 0.375 e. The molecule has 0 aromatic carbocycles. The average molecular weight is 335 g/mol. The van der Waals surface area contributed by atoms with Crippen molar-refractivity contribution in [2.75, 3.05) is 32.8 Å². The lowest BCUT2D eigenvalue weighted by Crippen LogP contribution is -2.43. The predicted octanol–water partition coefficient (Wildman–Crippen LogP) is -0.544. The van der Waals surface area contributed by atoms with Crippen LogP contribution in [0.25, 0.3) is 0 Å². The van der Waals surface area contributed by atoms with Gasteiger partial charge in [0.15, 0.2) is 0 Å². The quantitative estimate of drug-likeness (QED) is 0.721. The highest BCUT2D eigenvalue weighted by atomic mass is 16.7. The van der Waals surface area contributed by atoms with Crippen molar-refractivity contribution in [1.29, 1.82) is 0 Å². The Balaban J connectivity index is 1.43. The number of aryl methyl sites for hydroxylation is 1. The summed E-state index contributed by atoms with van der Waals surface area (Å²) < 4.78 is 7.28. The maximum Gasteiger partial charge on any atom is 0.293 e. The summed E-state index contributed by atoms with van der Waals surface area (Å²) in [5, 5.41) is 5.53. The van der Waals surface area contributed by atoms with E-state index < -0.39 is 0 Å². The molecule has 3 fully saturated rings. The van der Waals surface area contributed by atoms with Crippen molar-refractivity contribution in [2.45, 2.75) is 18.9 Å². The Morgan fingerprint density at radius 2 is 2.17 bits per heavy atom. The van der Waals surface area contributed by atoms with Crippen LogP contribution >= 0.6 is 0 Å². The first kappa shape index (κ1) is 15.5. The summed E-state index contributed by atoms with van der Waals surface area (Å²) in [5.41, 5.74) is 0. The van der Waals surface area contributed by atoms with E-state index in [1.807, 2.05) is 0 Å². The zero-order valence-electron chi connectivity index (χ0n) is 13.6. The molecule has 9 nitrogen and oxygen atoms in total. The Morgan fingerprint density at radius 3 is 2.88 bits per heavy atom. The van der Waals surface area contributed by atoms with Gasteiger partial charge in [0.2, 0.25) is 5.82 Å². The number of ether oxygens (including phenoxy) is 1. The van der Waals surface area contributed by atoms with Gasteiger partial charge in [-0.3, -0.25) is 19.1 Å². The fourth-order valence-electron chi connectivity index (χ4n) is 3.67. The van der Waals surface area contributed by atoms with Crippen molar-refractivity contribution in [3.8, 4) is 0 Å². The summed E-state index contributed by atoms with van der Waals surface area (Å²) >= 11 is 0. The van der Waals surface area contributed by atoms with Gasteiger partial charge in [-0.05, 0) is 12.8 Å². The molecule has 3 aliphatic heterocycles. The fourth-order valence-corrected chi connectivity index (χ4v) is 3.67. The molecule has 0 unspecified atom stereocenters. The van der Waals surface area contributed by atoms with Crippen LogP contribution in [0, 0.1) is 11.8 Å². The maximum atomic E-state index is 12.7. The van der Waals surface area contributed by atoms with Gasteiger partial charge in [0.1, 0.15) is 6.33 Å². The topological polar surface area (TPSA) is 89.8 Å². The van der Waals surface area contributed by atoms with Gasteiger partial charge in [-0.2, -0.15) is 0 Å². The third-order valence-electron chi connectivity index (χ3n) is 4.96. The summed E-state index contributed by atoms with van der Waals surface area (Å²) in [6.07, 6.45) is 3.34. The molecule has 3 atom stereocenters. The zero-order valence-corrected chi connectivity index (χ0v) is 13.6. The van der Waals surface area contributed by atoms with Gasteiger partial charge < -0.3 is 9.64 Å². The molecule has 130 valence electrons. The van der Waals surface area contributed by atoms with Gasteiger partial charge in [-0.1, -0.05) is 0 Å². The molecule has 1 aromatic heterocycles. The van der Waals surface area contributed by atoms with Crippen molar-refractivity contribution in [3.63, 3.8) is 0 Å². The first-order valence-electron chi connectivity index (χ1n) is 8.34. The molecule has 24 heavy (non-hydrogen) atoms. The molecule has 0 N–H and O–H groups in total. The highest BCUT2D eigenvalue weighted by Crippen LogP contribution is 2.35. The molecular weight excluding hydrogens is 314 g/mol. The van der Waals surface area contributed by atoms with Crippen LogP contribution < -0.4 is 0 Å². The molecule has 0 spiro atoms.